The predicted octanol–water partition coefficient (Wildman–Crippen LogP) is 3.85. The minimum Gasteiger partial charge on any atom is -0.427 e. The first-order chi connectivity index (χ1) is 12.8. The van der Waals surface area contributed by atoms with Crippen molar-refractivity contribution >= 4 is 34.8 Å². The van der Waals surface area contributed by atoms with Crippen molar-refractivity contribution in [3.05, 3.63) is 46.7 Å². The molecule has 27 heavy (non-hydrogen) atoms. The lowest BCUT2D eigenvalue weighted by Crippen LogP contribution is -2.35. The lowest BCUT2D eigenvalue weighted by Gasteiger charge is -2.17. The Labute approximate surface area is 162 Å². The van der Waals surface area contributed by atoms with Crippen LogP contribution in [0.4, 0.5) is 5.69 Å². The molecule has 0 spiro atoms. The molecule has 1 heterocycles. The number of thiophene rings is 1. The zero-order valence-electron chi connectivity index (χ0n) is 15.7. The van der Waals surface area contributed by atoms with E-state index in [-0.39, 0.29) is 24.2 Å². The van der Waals surface area contributed by atoms with E-state index in [1.807, 2.05) is 32.2 Å². The Morgan fingerprint density at radius 3 is 2.37 bits per heavy atom. The van der Waals surface area contributed by atoms with Gasteiger partial charge in [-0.15, -0.1) is 11.3 Å². The normalized spacial score (nSPS) is 10.9. The molecule has 7 heteroatoms. The third kappa shape index (κ3) is 6.86. The molecule has 1 aromatic carbocycles. The highest BCUT2D eigenvalue weighted by Gasteiger charge is 2.20. The van der Waals surface area contributed by atoms with Gasteiger partial charge in [0.05, 0.1) is 4.88 Å². The summed E-state index contributed by atoms with van der Waals surface area (Å²) < 4.78 is 5.26. The van der Waals surface area contributed by atoms with Gasteiger partial charge in [0.2, 0.25) is 5.91 Å². The van der Waals surface area contributed by atoms with Gasteiger partial charge in [-0.05, 0) is 42.1 Å². The minimum atomic E-state index is -0.443. The first kappa shape index (κ1) is 20.6. The molecule has 1 aromatic heterocycles. The summed E-state index contributed by atoms with van der Waals surface area (Å²) in [7, 11) is 0. The Kier molecular flexibility index (Phi) is 7.12. The van der Waals surface area contributed by atoms with Crippen molar-refractivity contribution in [3.63, 3.8) is 0 Å². The zero-order valence-corrected chi connectivity index (χ0v) is 16.5. The molecule has 2 aromatic rings. The summed E-state index contributed by atoms with van der Waals surface area (Å²) >= 11 is 1.37. The second kappa shape index (κ2) is 9.32. The second-order valence-corrected chi connectivity index (χ2v) is 7.99. The van der Waals surface area contributed by atoms with E-state index < -0.39 is 5.41 Å². The predicted molar refractivity (Wildman–Crippen MR) is 106 cm³/mol. The standard InChI is InChI=1S/C20H24N2O4S/c1-20(2,3)19(25)21-12-4-7-17(23)26-15-10-8-14(9-11-15)22-18(24)16-6-5-13-27-16/h5-6,8-11,13H,4,7,12H2,1-3H3,(H,21,25)(H,22,24). The molecule has 2 amide bonds. The van der Waals surface area contributed by atoms with Crippen LogP contribution in [0.15, 0.2) is 41.8 Å². The van der Waals surface area contributed by atoms with Crippen molar-refractivity contribution < 1.29 is 19.1 Å². The SMILES string of the molecule is CC(C)(C)C(=O)NCCCC(=O)Oc1ccc(NC(=O)c2cccs2)cc1. The van der Waals surface area contributed by atoms with E-state index in [0.29, 0.717) is 29.3 Å². The van der Waals surface area contributed by atoms with Gasteiger partial charge in [0, 0.05) is 24.1 Å². The van der Waals surface area contributed by atoms with E-state index in [1.54, 1.807) is 30.3 Å². The van der Waals surface area contributed by atoms with Crippen LogP contribution in [-0.2, 0) is 9.59 Å². The number of carbonyl (C=O) groups is 3. The van der Waals surface area contributed by atoms with Crippen LogP contribution in [0.2, 0.25) is 0 Å². The highest BCUT2D eigenvalue weighted by molar-refractivity contribution is 7.12. The van der Waals surface area contributed by atoms with E-state index in [4.69, 9.17) is 4.74 Å². The molecule has 0 bridgehead atoms. The monoisotopic (exact) mass is 388 g/mol. The maximum absolute atomic E-state index is 12.0. The average molecular weight is 388 g/mol. The topological polar surface area (TPSA) is 84.5 Å². The fourth-order valence-electron chi connectivity index (χ4n) is 2.09. The quantitative estimate of drug-likeness (QED) is 0.429. The van der Waals surface area contributed by atoms with Crippen LogP contribution < -0.4 is 15.4 Å². The Hall–Kier alpha value is -2.67. The molecule has 144 valence electrons. The largest absolute Gasteiger partial charge is 0.427 e. The summed E-state index contributed by atoms with van der Waals surface area (Å²) in [4.78, 5) is 36.2. The van der Waals surface area contributed by atoms with Crippen molar-refractivity contribution in [2.24, 2.45) is 5.41 Å². The van der Waals surface area contributed by atoms with Gasteiger partial charge in [-0.25, -0.2) is 0 Å². The summed E-state index contributed by atoms with van der Waals surface area (Å²) in [6, 6.07) is 10.2. The number of rotatable bonds is 7. The van der Waals surface area contributed by atoms with Crippen LogP contribution in [0, 0.1) is 5.41 Å². The van der Waals surface area contributed by atoms with E-state index in [1.165, 1.54) is 11.3 Å². The smallest absolute Gasteiger partial charge is 0.311 e. The lowest BCUT2D eigenvalue weighted by molar-refractivity contribution is -0.135. The van der Waals surface area contributed by atoms with Gasteiger partial charge in [-0.2, -0.15) is 0 Å². The zero-order chi connectivity index (χ0) is 19.9. The van der Waals surface area contributed by atoms with Crippen LogP contribution in [-0.4, -0.2) is 24.3 Å². The number of amides is 2. The molecule has 0 unspecified atom stereocenters. The molecular weight excluding hydrogens is 364 g/mol. The summed E-state index contributed by atoms with van der Waals surface area (Å²) in [5, 5.41) is 7.41. The van der Waals surface area contributed by atoms with Crippen molar-refractivity contribution in [3.8, 4) is 5.75 Å². The van der Waals surface area contributed by atoms with Crippen molar-refractivity contribution in [2.45, 2.75) is 33.6 Å². The molecule has 0 atom stereocenters. The van der Waals surface area contributed by atoms with Gasteiger partial charge in [0.15, 0.2) is 0 Å². The van der Waals surface area contributed by atoms with Crippen molar-refractivity contribution in [2.75, 3.05) is 11.9 Å². The van der Waals surface area contributed by atoms with Gasteiger partial charge in [0.25, 0.3) is 5.91 Å². The molecule has 0 saturated heterocycles. The molecule has 0 aliphatic rings. The van der Waals surface area contributed by atoms with Crippen LogP contribution in [0.3, 0.4) is 0 Å². The van der Waals surface area contributed by atoms with Crippen LogP contribution in [0.25, 0.3) is 0 Å². The van der Waals surface area contributed by atoms with Gasteiger partial charge in [-0.3, -0.25) is 14.4 Å². The molecule has 0 aliphatic heterocycles. The summed E-state index contributed by atoms with van der Waals surface area (Å²) in [6.07, 6.45) is 0.719. The van der Waals surface area contributed by atoms with Crippen molar-refractivity contribution in [1.82, 2.24) is 5.32 Å². The van der Waals surface area contributed by atoms with Gasteiger partial charge >= 0.3 is 5.97 Å². The molecule has 2 rings (SSSR count). The number of ether oxygens (including phenoxy) is 1. The van der Waals surface area contributed by atoms with Gasteiger partial charge in [0.1, 0.15) is 5.75 Å². The second-order valence-electron chi connectivity index (χ2n) is 7.04. The van der Waals surface area contributed by atoms with E-state index in [2.05, 4.69) is 10.6 Å². The molecule has 0 fully saturated rings. The molecule has 0 saturated carbocycles. The first-order valence-corrected chi connectivity index (χ1v) is 9.57. The molecule has 6 nitrogen and oxygen atoms in total. The Balaban J connectivity index is 1.73. The fourth-order valence-corrected chi connectivity index (χ4v) is 2.71. The number of nitrogens with one attached hydrogen (secondary N) is 2. The Bertz CT molecular complexity index is 777. The first-order valence-electron chi connectivity index (χ1n) is 8.69. The molecule has 0 radical (unpaired) electrons. The third-order valence-corrected chi connectivity index (χ3v) is 4.48. The van der Waals surface area contributed by atoms with E-state index in [9.17, 15) is 14.4 Å². The van der Waals surface area contributed by atoms with Gasteiger partial charge < -0.3 is 15.4 Å². The Morgan fingerprint density at radius 2 is 1.78 bits per heavy atom. The number of benzene rings is 1. The van der Waals surface area contributed by atoms with E-state index in [0.717, 1.165) is 0 Å². The van der Waals surface area contributed by atoms with E-state index >= 15 is 0 Å². The van der Waals surface area contributed by atoms with Crippen molar-refractivity contribution in [1.29, 1.82) is 0 Å². The van der Waals surface area contributed by atoms with Crippen LogP contribution in [0.5, 0.6) is 5.75 Å². The molecule has 0 aliphatic carbocycles. The number of hydrogen-bond donors (Lipinski definition) is 2. The molecule has 2 N–H and O–H groups in total. The average Bonchev–Trinajstić information content (AvgIpc) is 3.14. The fraction of sp³-hybridized carbons (Fsp3) is 0.350. The highest BCUT2D eigenvalue weighted by Crippen LogP contribution is 2.18. The Morgan fingerprint density at radius 1 is 1.07 bits per heavy atom. The highest BCUT2D eigenvalue weighted by atomic mass is 32.1. The summed E-state index contributed by atoms with van der Waals surface area (Å²) in [5.74, 6) is -0.175. The van der Waals surface area contributed by atoms with Crippen LogP contribution >= 0.6 is 11.3 Å². The lowest BCUT2D eigenvalue weighted by atomic mass is 9.96. The minimum absolute atomic E-state index is 0.0453. The third-order valence-electron chi connectivity index (χ3n) is 3.61. The maximum atomic E-state index is 12.0. The molecular formula is C20H24N2O4S. The summed E-state index contributed by atoms with van der Waals surface area (Å²) in [6.45, 7) is 5.94. The number of hydrogen-bond acceptors (Lipinski definition) is 5. The number of esters is 1. The number of carbonyl (C=O) groups excluding carboxylic acids is 3. The van der Waals surface area contributed by atoms with Crippen LogP contribution in [0.1, 0.15) is 43.3 Å². The number of anilines is 1. The maximum Gasteiger partial charge on any atom is 0.311 e. The van der Waals surface area contributed by atoms with Gasteiger partial charge in [-0.1, -0.05) is 26.8 Å². The summed E-state index contributed by atoms with van der Waals surface area (Å²) in [5.41, 5.74) is 0.180.